The number of aliphatic hydroxyl groups is 1. The summed E-state index contributed by atoms with van der Waals surface area (Å²) in [5, 5.41) is 9.44. The van der Waals surface area contributed by atoms with Gasteiger partial charge < -0.3 is 5.11 Å². The molecule has 0 bridgehead atoms. The second-order valence-corrected chi connectivity index (χ2v) is 8.83. The van der Waals surface area contributed by atoms with Crippen molar-refractivity contribution in [2.24, 2.45) is 5.92 Å². The average Bonchev–Trinajstić information content (AvgIpc) is 2.81. The predicted octanol–water partition coefficient (Wildman–Crippen LogP) is 2.98. The molecule has 0 aliphatic heterocycles. The second kappa shape index (κ2) is 7.73. The van der Waals surface area contributed by atoms with Crippen molar-refractivity contribution >= 4 is 37.3 Å². The van der Waals surface area contributed by atoms with Crippen molar-refractivity contribution in [3.8, 4) is 0 Å². The molecular formula is C12H20BrNO3S2. The first kappa shape index (κ1) is 17.1. The van der Waals surface area contributed by atoms with Crippen LogP contribution in [0.2, 0.25) is 0 Å². The topological polar surface area (TPSA) is 66.4 Å². The molecule has 2 N–H and O–H groups in total. The molecule has 1 rings (SSSR count). The molecule has 0 saturated heterocycles. The van der Waals surface area contributed by atoms with E-state index in [9.17, 15) is 13.5 Å². The smallest absolute Gasteiger partial charge is 0.250 e. The molecule has 1 aromatic heterocycles. The number of rotatable bonds is 8. The molecule has 0 aromatic carbocycles. The quantitative estimate of drug-likeness (QED) is 0.739. The Morgan fingerprint density at radius 3 is 2.53 bits per heavy atom. The standard InChI is InChI=1S/C12H20BrNO3S2/c1-3-5-9(4-2)10(8-15)14-19(16,17)12-7-6-11(13)18-12/h6-7,9-10,14-15H,3-5,8H2,1-2H3. The van der Waals surface area contributed by atoms with Gasteiger partial charge in [0.05, 0.1) is 10.4 Å². The fourth-order valence-corrected chi connectivity index (χ4v) is 5.37. The van der Waals surface area contributed by atoms with Gasteiger partial charge >= 0.3 is 0 Å². The van der Waals surface area contributed by atoms with Gasteiger partial charge in [0.1, 0.15) is 4.21 Å². The van der Waals surface area contributed by atoms with Crippen LogP contribution in [0.4, 0.5) is 0 Å². The third kappa shape index (κ3) is 4.82. The summed E-state index contributed by atoms with van der Waals surface area (Å²) in [5.41, 5.74) is 0. The van der Waals surface area contributed by atoms with Crippen LogP contribution in [0.25, 0.3) is 0 Å². The number of halogens is 1. The van der Waals surface area contributed by atoms with Crippen LogP contribution in [0.15, 0.2) is 20.1 Å². The Kier molecular flexibility index (Phi) is 6.96. The molecule has 2 atom stereocenters. The predicted molar refractivity (Wildman–Crippen MR) is 81.9 cm³/mol. The molecule has 0 fully saturated rings. The summed E-state index contributed by atoms with van der Waals surface area (Å²) in [4.78, 5) is 0. The van der Waals surface area contributed by atoms with Crippen molar-refractivity contribution in [3.63, 3.8) is 0 Å². The highest BCUT2D eigenvalue weighted by molar-refractivity contribution is 9.11. The molecule has 0 aliphatic carbocycles. The Morgan fingerprint density at radius 2 is 2.11 bits per heavy atom. The number of hydrogen-bond acceptors (Lipinski definition) is 4. The van der Waals surface area contributed by atoms with Crippen LogP contribution in [0, 0.1) is 5.92 Å². The van der Waals surface area contributed by atoms with Crippen molar-refractivity contribution in [3.05, 3.63) is 15.9 Å². The van der Waals surface area contributed by atoms with Crippen LogP contribution in [-0.2, 0) is 10.0 Å². The molecule has 0 aliphatic rings. The molecule has 0 spiro atoms. The maximum absolute atomic E-state index is 12.2. The summed E-state index contributed by atoms with van der Waals surface area (Å²) in [5.74, 6) is 0.160. The first-order valence-corrected chi connectivity index (χ1v) is 9.42. The fraction of sp³-hybridized carbons (Fsp3) is 0.667. The molecule has 0 saturated carbocycles. The van der Waals surface area contributed by atoms with Crippen molar-refractivity contribution in [2.45, 2.75) is 43.4 Å². The van der Waals surface area contributed by atoms with E-state index in [2.05, 4.69) is 27.6 Å². The van der Waals surface area contributed by atoms with Gasteiger partial charge in [-0.3, -0.25) is 0 Å². The van der Waals surface area contributed by atoms with Gasteiger partial charge in [-0.2, -0.15) is 0 Å². The van der Waals surface area contributed by atoms with Gasteiger partial charge in [0.2, 0.25) is 10.0 Å². The minimum Gasteiger partial charge on any atom is -0.395 e. The molecule has 0 radical (unpaired) electrons. The lowest BCUT2D eigenvalue weighted by Crippen LogP contribution is -2.42. The van der Waals surface area contributed by atoms with Crippen molar-refractivity contribution in [2.75, 3.05) is 6.61 Å². The number of nitrogens with one attached hydrogen (secondary N) is 1. The van der Waals surface area contributed by atoms with Crippen LogP contribution in [0.3, 0.4) is 0 Å². The van der Waals surface area contributed by atoms with E-state index >= 15 is 0 Å². The van der Waals surface area contributed by atoms with E-state index in [1.165, 1.54) is 0 Å². The van der Waals surface area contributed by atoms with Gasteiger partial charge in [0.25, 0.3) is 0 Å². The van der Waals surface area contributed by atoms with Gasteiger partial charge in [0, 0.05) is 6.04 Å². The molecule has 110 valence electrons. The molecule has 19 heavy (non-hydrogen) atoms. The van der Waals surface area contributed by atoms with E-state index in [4.69, 9.17) is 0 Å². The zero-order valence-corrected chi connectivity index (χ0v) is 14.3. The number of thiophene rings is 1. The summed E-state index contributed by atoms with van der Waals surface area (Å²) < 4.78 is 28.1. The van der Waals surface area contributed by atoms with Gasteiger partial charge in [-0.15, -0.1) is 11.3 Å². The SMILES string of the molecule is CCCC(CC)C(CO)NS(=O)(=O)c1ccc(Br)s1. The molecule has 0 amide bonds. The van der Waals surface area contributed by atoms with Gasteiger partial charge in [-0.25, -0.2) is 13.1 Å². The first-order chi connectivity index (χ1) is 8.94. The Balaban J connectivity index is 2.85. The van der Waals surface area contributed by atoms with E-state index in [0.717, 1.165) is 34.4 Å². The minimum absolute atomic E-state index is 0.160. The maximum atomic E-state index is 12.2. The van der Waals surface area contributed by atoms with Crippen LogP contribution < -0.4 is 4.72 Å². The van der Waals surface area contributed by atoms with Gasteiger partial charge in [-0.1, -0.05) is 26.7 Å². The lowest BCUT2D eigenvalue weighted by atomic mass is 9.93. The lowest BCUT2D eigenvalue weighted by molar-refractivity contribution is 0.205. The third-order valence-electron chi connectivity index (χ3n) is 3.07. The molecule has 7 heteroatoms. The lowest BCUT2D eigenvalue weighted by Gasteiger charge is -2.24. The molecule has 1 heterocycles. The monoisotopic (exact) mass is 369 g/mol. The van der Waals surface area contributed by atoms with E-state index in [1.54, 1.807) is 12.1 Å². The van der Waals surface area contributed by atoms with Crippen LogP contribution in [0.1, 0.15) is 33.1 Å². The number of hydrogen-bond donors (Lipinski definition) is 2. The molecule has 1 aromatic rings. The van der Waals surface area contributed by atoms with Crippen molar-refractivity contribution < 1.29 is 13.5 Å². The van der Waals surface area contributed by atoms with Crippen molar-refractivity contribution in [1.82, 2.24) is 4.72 Å². The van der Waals surface area contributed by atoms with Crippen LogP contribution in [-0.4, -0.2) is 26.2 Å². The highest BCUT2D eigenvalue weighted by Gasteiger charge is 2.26. The van der Waals surface area contributed by atoms with Crippen molar-refractivity contribution in [1.29, 1.82) is 0 Å². The zero-order chi connectivity index (χ0) is 14.5. The summed E-state index contributed by atoms with van der Waals surface area (Å²) >= 11 is 4.42. The normalized spacial score (nSPS) is 15.4. The number of sulfonamides is 1. The highest BCUT2D eigenvalue weighted by Crippen LogP contribution is 2.27. The van der Waals surface area contributed by atoms with Crippen LogP contribution in [0.5, 0.6) is 0 Å². The summed E-state index contributed by atoms with van der Waals surface area (Å²) in [6.07, 6.45) is 2.72. The summed E-state index contributed by atoms with van der Waals surface area (Å²) in [6.45, 7) is 3.89. The Labute approximate surface area is 127 Å². The largest absolute Gasteiger partial charge is 0.395 e. The summed E-state index contributed by atoms with van der Waals surface area (Å²) in [7, 11) is -3.55. The zero-order valence-electron chi connectivity index (χ0n) is 11.1. The minimum atomic E-state index is -3.55. The maximum Gasteiger partial charge on any atom is 0.250 e. The van der Waals surface area contributed by atoms with E-state index in [1.807, 2.05) is 6.92 Å². The Hall–Kier alpha value is 0.0500. The highest BCUT2D eigenvalue weighted by atomic mass is 79.9. The molecule has 4 nitrogen and oxygen atoms in total. The second-order valence-electron chi connectivity index (χ2n) is 4.43. The van der Waals surface area contributed by atoms with Crippen LogP contribution >= 0.6 is 27.3 Å². The van der Waals surface area contributed by atoms with E-state index < -0.39 is 16.1 Å². The van der Waals surface area contributed by atoms with Gasteiger partial charge in [0.15, 0.2) is 0 Å². The molecular weight excluding hydrogens is 350 g/mol. The molecule has 2 unspecified atom stereocenters. The number of aliphatic hydroxyl groups excluding tert-OH is 1. The fourth-order valence-electron chi connectivity index (χ4n) is 2.04. The van der Waals surface area contributed by atoms with Gasteiger partial charge in [-0.05, 0) is 40.4 Å². The first-order valence-electron chi connectivity index (χ1n) is 6.33. The summed E-state index contributed by atoms with van der Waals surface area (Å²) in [6, 6.07) is 2.85. The Morgan fingerprint density at radius 1 is 1.42 bits per heavy atom. The Bertz CT molecular complexity index is 487. The van der Waals surface area contributed by atoms with E-state index in [0.29, 0.717) is 0 Å². The third-order valence-corrected chi connectivity index (χ3v) is 6.67. The van der Waals surface area contributed by atoms with E-state index in [-0.39, 0.29) is 16.7 Å². The average molecular weight is 370 g/mol.